The van der Waals surface area contributed by atoms with Crippen molar-refractivity contribution < 1.29 is 4.39 Å². The van der Waals surface area contributed by atoms with Crippen molar-refractivity contribution in [2.75, 3.05) is 0 Å². The monoisotopic (exact) mass is 297 g/mol. The molecule has 2 rings (SSSR count). The number of rotatable bonds is 4. The van der Waals surface area contributed by atoms with Crippen molar-refractivity contribution in [3.8, 4) is 0 Å². The predicted molar refractivity (Wildman–Crippen MR) is 78.1 cm³/mol. The molecule has 0 bridgehead atoms. The summed E-state index contributed by atoms with van der Waals surface area (Å²) in [5.41, 5.74) is 1.89. The molecule has 1 unspecified atom stereocenters. The smallest absolute Gasteiger partial charge is 0.123 e. The largest absolute Gasteiger partial charge is 0.306 e. The van der Waals surface area contributed by atoms with E-state index in [4.69, 9.17) is 23.2 Å². The standard InChI is InChI=1S/C15H14Cl2FN/c1-10(11-5-7-12(18)8-6-11)19-9-13-14(16)3-2-4-15(13)17/h2-8,10,19H,9H2,1H3. The Kier molecular flexibility index (Phi) is 4.81. The molecule has 1 atom stereocenters. The van der Waals surface area contributed by atoms with Crippen LogP contribution in [0.5, 0.6) is 0 Å². The fourth-order valence-corrected chi connectivity index (χ4v) is 2.36. The van der Waals surface area contributed by atoms with E-state index in [1.54, 1.807) is 12.1 Å². The molecular weight excluding hydrogens is 284 g/mol. The van der Waals surface area contributed by atoms with Crippen LogP contribution in [-0.4, -0.2) is 0 Å². The lowest BCUT2D eigenvalue weighted by atomic mass is 10.1. The minimum Gasteiger partial charge on any atom is -0.306 e. The molecule has 0 spiro atoms. The van der Waals surface area contributed by atoms with Crippen molar-refractivity contribution >= 4 is 23.2 Å². The first-order valence-corrected chi connectivity index (χ1v) is 6.75. The molecule has 2 aromatic carbocycles. The highest BCUT2D eigenvalue weighted by atomic mass is 35.5. The average Bonchev–Trinajstić information content (AvgIpc) is 2.38. The van der Waals surface area contributed by atoms with E-state index >= 15 is 0 Å². The van der Waals surface area contributed by atoms with Gasteiger partial charge in [0.05, 0.1) is 0 Å². The molecule has 2 aromatic rings. The Morgan fingerprint density at radius 2 is 1.63 bits per heavy atom. The van der Waals surface area contributed by atoms with Gasteiger partial charge < -0.3 is 5.32 Å². The maximum absolute atomic E-state index is 12.9. The number of hydrogen-bond donors (Lipinski definition) is 1. The van der Waals surface area contributed by atoms with Gasteiger partial charge in [-0.2, -0.15) is 0 Å². The van der Waals surface area contributed by atoms with Gasteiger partial charge >= 0.3 is 0 Å². The van der Waals surface area contributed by atoms with Crippen LogP contribution in [0.3, 0.4) is 0 Å². The lowest BCUT2D eigenvalue weighted by Crippen LogP contribution is -2.18. The normalized spacial score (nSPS) is 12.4. The lowest BCUT2D eigenvalue weighted by molar-refractivity contribution is 0.571. The van der Waals surface area contributed by atoms with E-state index in [2.05, 4.69) is 5.32 Å². The third-order valence-corrected chi connectivity index (χ3v) is 3.72. The third kappa shape index (κ3) is 3.69. The number of benzene rings is 2. The summed E-state index contributed by atoms with van der Waals surface area (Å²) in [5, 5.41) is 4.61. The van der Waals surface area contributed by atoms with Gasteiger partial charge in [-0.25, -0.2) is 4.39 Å². The summed E-state index contributed by atoms with van der Waals surface area (Å²) in [6, 6.07) is 12.0. The van der Waals surface area contributed by atoms with Crippen LogP contribution in [0.25, 0.3) is 0 Å². The molecule has 0 aliphatic carbocycles. The molecule has 0 saturated heterocycles. The van der Waals surface area contributed by atoms with Crippen LogP contribution < -0.4 is 5.32 Å². The van der Waals surface area contributed by atoms with Crippen molar-refractivity contribution in [3.63, 3.8) is 0 Å². The van der Waals surface area contributed by atoms with Gasteiger partial charge in [-0.15, -0.1) is 0 Å². The fraction of sp³-hybridized carbons (Fsp3) is 0.200. The molecular formula is C15H14Cl2FN. The highest BCUT2D eigenvalue weighted by Gasteiger charge is 2.09. The van der Waals surface area contributed by atoms with E-state index in [1.807, 2.05) is 25.1 Å². The highest BCUT2D eigenvalue weighted by Crippen LogP contribution is 2.25. The van der Waals surface area contributed by atoms with Gasteiger partial charge in [0.15, 0.2) is 0 Å². The predicted octanol–water partition coefficient (Wildman–Crippen LogP) is 4.98. The second-order valence-electron chi connectivity index (χ2n) is 4.35. The van der Waals surface area contributed by atoms with Crippen molar-refractivity contribution in [1.82, 2.24) is 5.32 Å². The Morgan fingerprint density at radius 3 is 2.21 bits per heavy atom. The first-order chi connectivity index (χ1) is 9.08. The second kappa shape index (κ2) is 6.38. The van der Waals surface area contributed by atoms with E-state index in [0.29, 0.717) is 16.6 Å². The Hall–Kier alpha value is -1.09. The van der Waals surface area contributed by atoms with E-state index in [1.165, 1.54) is 12.1 Å². The van der Waals surface area contributed by atoms with Crippen molar-refractivity contribution in [1.29, 1.82) is 0 Å². The van der Waals surface area contributed by atoms with Gasteiger partial charge in [-0.1, -0.05) is 41.4 Å². The minimum absolute atomic E-state index is 0.0907. The summed E-state index contributed by atoms with van der Waals surface area (Å²) in [7, 11) is 0. The Labute approximate surface area is 122 Å². The number of hydrogen-bond acceptors (Lipinski definition) is 1. The molecule has 1 N–H and O–H groups in total. The van der Waals surface area contributed by atoms with Gasteiger partial charge in [0.25, 0.3) is 0 Å². The van der Waals surface area contributed by atoms with E-state index in [0.717, 1.165) is 11.1 Å². The van der Waals surface area contributed by atoms with E-state index < -0.39 is 0 Å². The first-order valence-electron chi connectivity index (χ1n) is 5.99. The summed E-state index contributed by atoms with van der Waals surface area (Å²) in [6.07, 6.45) is 0. The average molecular weight is 298 g/mol. The molecule has 0 radical (unpaired) electrons. The van der Waals surface area contributed by atoms with Crippen LogP contribution in [0.1, 0.15) is 24.1 Å². The van der Waals surface area contributed by atoms with Gasteiger partial charge in [0, 0.05) is 28.2 Å². The Morgan fingerprint density at radius 1 is 1.05 bits per heavy atom. The molecule has 0 aliphatic heterocycles. The molecule has 0 aliphatic rings. The zero-order valence-electron chi connectivity index (χ0n) is 10.5. The van der Waals surface area contributed by atoms with Crippen LogP contribution in [-0.2, 0) is 6.54 Å². The molecule has 0 heterocycles. The Balaban J connectivity index is 2.04. The molecule has 19 heavy (non-hydrogen) atoms. The van der Waals surface area contributed by atoms with Crippen LogP contribution >= 0.6 is 23.2 Å². The summed E-state index contributed by atoms with van der Waals surface area (Å²) in [4.78, 5) is 0. The molecule has 0 fully saturated rings. The van der Waals surface area contributed by atoms with E-state index in [-0.39, 0.29) is 11.9 Å². The molecule has 4 heteroatoms. The second-order valence-corrected chi connectivity index (χ2v) is 5.17. The quantitative estimate of drug-likeness (QED) is 0.839. The number of nitrogens with one attached hydrogen (secondary N) is 1. The van der Waals surface area contributed by atoms with Crippen LogP contribution in [0, 0.1) is 5.82 Å². The van der Waals surface area contributed by atoms with Crippen molar-refractivity contribution in [3.05, 3.63) is 69.5 Å². The molecule has 0 aromatic heterocycles. The molecule has 0 amide bonds. The molecule has 1 nitrogen and oxygen atoms in total. The zero-order chi connectivity index (χ0) is 13.8. The minimum atomic E-state index is -0.231. The maximum Gasteiger partial charge on any atom is 0.123 e. The van der Waals surface area contributed by atoms with Crippen LogP contribution in [0.15, 0.2) is 42.5 Å². The lowest BCUT2D eigenvalue weighted by Gasteiger charge is -2.15. The van der Waals surface area contributed by atoms with Gasteiger partial charge in [0.1, 0.15) is 5.82 Å². The molecule has 100 valence electrons. The zero-order valence-corrected chi connectivity index (χ0v) is 12.0. The summed E-state index contributed by atoms with van der Waals surface area (Å²) < 4.78 is 12.9. The summed E-state index contributed by atoms with van der Waals surface area (Å²) in [5.74, 6) is -0.231. The van der Waals surface area contributed by atoms with Crippen LogP contribution in [0.2, 0.25) is 10.0 Å². The summed E-state index contributed by atoms with van der Waals surface area (Å²) >= 11 is 12.2. The molecule has 0 saturated carbocycles. The summed E-state index contributed by atoms with van der Waals surface area (Å²) in [6.45, 7) is 2.58. The van der Waals surface area contributed by atoms with Crippen LogP contribution in [0.4, 0.5) is 4.39 Å². The first kappa shape index (κ1) is 14.3. The van der Waals surface area contributed by atoms with Gasteiger partial charge in [0.2, 0.25) is 0 Å². The number of halogens is 3. The van der Waals surface area contributed by atoms with Crippen molar-refractivity contribution in [2.24, 2.45) is 0 Å². The van der Waals surface area contributed by atoms with Crippen molar-refractivity contribution in [2.45, 2.75) is 19.5 Å². The van der Waals surface area contributed by atoms with Gasteiger partial charge in [-0.3, -0.25) is 0 Å². The SMILES string of the molecule is CC(NCc1c(Cl)cccc1Cl)c1ccc(F)cc1. The maximum atomic E-state index is 12.9. The third-order valence-electron chi connectivity index (χ3n) is 3.02. The fourth-order valence-electron chi connectivity index (χ4n) is 1.83. The van der Waals surface area contributed by atoms with Gasteiger partial charge in [-0.05, 0) is 36.8 Å². The topological polar surface area (TPSA) is 12.0 Å². The van der Waals surface area contributed by atoms with E-state index in [9.17, 15) is 4.39 Å². The Bertz CT molecular complexity index is 534. The highest BCUT2D eigenvalue weighted by molar-refractivity contribution is 6.35.